The van der Waals surface area contributed by atoms with Crippen molar-refractivity contribution < 1.29 is 27.5 Å². The van der Waals surface area contributed by atoms with Crippen LogP contribution < -0.4 is 19.1 Å². The van der Waals surface area contributed by atoms with E-state index in [-0.39, 0.29) is 23.3 Å². The molecule has 0 aliphatic heterocycles. The zero-order chi connectivity index (χ0) is 31.6. The van der Waals surface area contributed by atoms with Crippen molar-refractivity contribution in [2.24, 2.45) is 5.92 Å². The molecule has 2 amide bonds. The van der Waals surface area contributed by atoms with Crippen LogP contribution in [0.4, 0.5) is 5.69 Å². The summed E-state index contributed by atoms with van der Waals surface area (Å²) in [6, 6.07) is 19.4. The van der Waals surface area contributed by atoms with Gasteiger partial charge in [-0.1, -0.05) is 26.0 Å². The first kappa shape index (κ1) is 33.8. The van der Waals surface area contributed by atoms with Crippen molar-refractivity contribution >= 4 is 39.3 Å². The molecule has 3 rings (SSSR count). The maximum atomic E-state index is 14.1. The van der Waals surface area contributed by atoms with Gasteiger partial charge < -0.3 is 19.7 Å². The van der Waals surface area contributed by atoms with Crippen LogP contribution in [0.1, 0.15) is 33.3 Å². The summed E-state index contributed by atoms with van der Waals surface area (Å²) < 4.78 is 39.9. The van der Waals surface area contributed by atoms with Crippen molar-refractivity contribution in [3.63, 3.8) is 0 Å². The summed E-state index contributed by atoms with van der Waals surface area (Å²) in [4.78, 5) is 29.6. The van der Waals surface area contributed by atoms with E-state index in [0.29, 0.717) is 30.3 Å². The van der Waals surface area contributed by atoms with Crippen molar-refractivity contribution in [3.05, 3.63) is 78.4 Å². The highest BCUT2D eigenvalue weighted by Crippen LogP contribution is 2.28. The molecule has 1 atom stereocenters. The number of thioether (sulfide) groups is 1. The molecule has 3 aromatic rings. The molecule has 0 heterocycles. The Morgan fingerprint density at radius 1 is 0.907 bits per heavy atom. The van der Waals surface area contributed by atoms with Crippen LogP contribution in [0.25, 0.3) is 0 Å². The maximum Gasteiger partial charge on any atom is 0.264 e. The fourth-order valence-electron chi connectivity index (χ4n) is 4.24. The molecule has 0 spiro atoms. The summed E-state index contributed by atoms with van der Waals surface area (Å²) in [7, 11) is -2.60. The molecule has 43 heavy (non-hydrogen) atoms. The number of sulfonamides is 1. The number of hydrogen-bond donors (Lipinski definition) is 1. The quantitative estimate of drug-likeness (QED) is 0.231. The lowest BCUT2D eigenvalue weighted by molar-refractivity contribution is -0.139. The van der Waals surface area contributed by atoms with Gasteiger partial charge in [-0.15, -0.1) is 11.8 Å². The highest BCUT2D eigenvalue weighted by atomic mass is 32.2. The van der Waals surface area contributed by atoms with Crippen LogP contribution in [0, 0.1) is 5.92 Å². The number of rotatable bonds is 15. The van der Waals surface area contributed by atoms with Crippen LogP contribution in [-0.2, 0) is 26.2 Å². The first-order valence-electron chi connectivity index (χ1n) is 14.1. The molecule has 0 aliphatic carbocycles. The minimum absolute atomic E-state index is 0.0522. The predicted molar refractivity (Wildman–Crippen MR) is 171 cm³/mol. The number of carbonyl (C=O) groups is 2. The fourth-order valence-corrected chi connectivity index (χ4v) is 6.06. The number of benzene rings is 3. The average molecular weight is 628 g/mol. The van der Waals surface area contributed by atoms with Gasteiger partial charge in [0, 0.05) is 18.0 Å². The van der Waals surface area contributed by atoms with Gasteiger partial charge in [-0.2, -0.15) is 0 Å². The van der Waals surface area contributed by atoms with Crippen LogP contribution >= 0.6 is 11.8 Å². The van der Waals surface area contributed by atoms with Gasteiger partial charge in [-0.05, 0) is 92.2 Å². The molecular weight excluding hydrogens is 587 g/mol. The Morgan fingerprint density at radius 2 is 1.51 bits per heavy atom. The van der Waals surface area contributed by atoms with Gasteiger partial charge in [0.15, 0.2) is 0 Å². The average Bonchev–Trinajstić information content (AvgIpc) is 3.01. The van der Waals surface area contributed by atoms with Gasteiger partial charge >= 0.3 is 0 Å². The third kappa shape index (κ3) is 9.14. The van der Waals surface area contributed by atoms with E-state index in [2.05, 4.69) is 5.32 Å². The summed E-state index contributed by atoms with van der Waals surface area (Å²) in [5.74, 6) is 0.611. The Hall–Kier alpha value is -3.70. The first-order chi connectivity index (χ1) is 20.5. The molecule has 0 radical (unpaired) electrons. The van der Waals surface area contributed by atoms with E-state index in [1.54, 1.807) is 62.6 Å². The highest BCUT2D eigenvalue weighted by Gasteiger charge is 2.32. The van der Waals surface area contributed by atoms with Gasteiger partial charge in [-0.3, -0.25) is 13.9 Å². The van der Waals surface area contributed by atoms with E-state index in [1.165, 1.54) is 28.8 Å². The number of hydrogen-bond acceptors (Lipinski definition) is 7. The molecule has 0 saturated carbocycles. The lowest BCUT2D eigenvalue weighted by Gasteiger charge is -2.32. The number of nitrogens with zero attached hydrogens (tertiary/aromatic N) is 2. The van der Waals surface area contributed by atoms with Crippen molar-refractivity contribution in [2.75, 3.05) is 37.4 Å². The largest absolute Gasteiger partial charge is 0.497 e. The Balaban J connectivity index is 2.02. The molecule has 232 valence electrons. The molecule has 0 aromatic heterocycles. The predicted octanol–water partition coefficient (Wildman–Crippen LogP) is 5.20. The number of anilines is 1. The fraction of sp³-hybridized carbons (Fsp3) is 0.375. The first-order valence-corrected chi connectivity index (χ1v) is 16.8. The molecule has 1 unspecified atom stereocenters. The summed E-state index contributed by atoms with van der Waals surface area (Å²) in [6.07, 6.45) is 1.91. The van der Waals surface area contributed by atoms with Gasteiger partial charge in [0.2, 0.25) is 11.8 Å². The Labute approximate surface area is 259 Å². The van der Waals surface area contributed by atoms with Crippen molar-refractivity contribution in [1.29, 1.82) is 0 Å². The molecule has 11 heteroatoms. The summed E-state index contributed by atoms with van der Waals surface area (Å²) in [5, 5.41) is 2.89. The molecule has 9 nitrogen and oxygen atoms in total. The Kier molecular flexibility index (Phi) is 12.3. The summed E-state index contributed by atoms with van der Waals surface area (Å²) in [5.41, 5.74) is 1.06. The minimum atomic E-state index is -4.16. The lowest BCUT2D eigenvalue weighted by Crippen LogP contribution is -2.51. The summed E-state index contributed by atoms with van der Waals surface area (Å²) >= 11 is 1.50. The van der Waals surface area contributed by atoms with Crippen LogP contribution in [0.15, 0.2) is 82.6 Å². The molecule has 0 saturated heterocycles. The number of carbonyl (C=O) groups excluding carboxylic acids is 2. The lowest BCUT2D eigenvalue weighted by atomic mass is 10.1. The second kappa shape index (κ2) is 15.7. The standard InChI is InChI=1S/C32H41N3O6S2/c1-7-41-28-14-10-26(11-15-28)35(43(38,39)30-18-16-29(42-6)17-19-30)22-31(36)34(24(4)32(37)33-20-23(2)3)21-25-8-12-27(40-5)13-9-25/h8-19,23-24H,7,20-22H2,1-6H3,(H,33,37). The van der Waals surface area contributed by atoms with E-state index in [4.69, 9.17) is 9.47 Å². The molecule has 1 N–H and O–H groups in total. The topological polar surface area (TPSA) is 105 Å². The van der Waals surface area contributed by atoms with Crippen molar-refractivity contribution in [3.8, 4) is 11.5 Å². The number of amides is 2. The van der Waals surface area contributed by atoms with Crippen LogP contribution in [0.3, 0.4) is 0 Å². The zero-order valence-electron chi connectivity index (χ0n) is 25.6. The molecule has 0 aliphatic rings. The molecule has 3 aromatic carbocycles. The normalized spacial score (nSPS) is 12.0. The van der Waals surface area contributed by atoms with E-state index in [9.17, 15) is 18.0 Å². The number of nitrogens with one attached hydrogen (secondary N) is 1. The second-order valence-electron chi connectivity index (χ2n) is 10.3. The van der Waals surface area contributed by atoms with Crippen LogP contribution in [0.5, 0.6) is 11.5 Å². The van der Waals surface area contributed by atoms with Gasteiger partial charge in [0.25, 0.3) is 10.0 Å². The van der Waals surface area contributed by atoms with Gasteiger partial charge in [0.05, 0.1) is 24.3 Å². The minimum Gasteiger partial charge on any atom is -0.497 e. The van der Waals surface area contributed by atoms with E-state index in [0.717, 1.165) is 14.8 Å². The Bertz CT molecular complexity index is 1440. The molecular formula is C32H41N3O6S2. The molecule has 0 fully saturated rings. The molecule has 0 bridgehead atoms. The Morgan fingerprint density at radius 3 is 2.05 bits per heavy atom. The smallest absolute Gasteiger partial charge is 0.264 e. The SMILES string of the molecule is CCOc1ccc(N(CC(=O)N(Cc2ccc(OC)cc2)C(C)C(=O)NCC(C)C)S(=O)(=O)c2ccc(SC)cc2)cc1. The summed E-state index contributed by atoms with van der Waals surface area (Å²) in [6.45, 7) is 7.96. The zero-order valence-corrected chi connectivity index (χ0v) is 27.2. The highest BCUT2D eigenvalue weighted by molar-refractivity contribution is 7.98. The van der Waals surface area contributed by atoms with Gasteiger partial charge in [0.1, 0.15) is 24.1 Å². The maximum absolute atomic E-state index is 14.1. The van der Waals surface area contributed by atoms with Crippen molar-refractivity contribution in [1.82, 2.24) is 10.2 Å². The van der Waals surface area contributed by atoms with E-state index >= 15 is 0 Å². The monoisotopic (exact) mass is 627 g/mol. The number of methoxy groups -OCH3 is 1. The van der Waals surface area contributed by atoms with Crippen LogP contribution in [-0.4, -0.2) is 64.2 Å². The third-order valence-corrected chi connectivity index (χ3v) is 9.26. The van der Waals surface area contributed by atoms with Crippen molar-refractivity contribution in [2.45, 2.75) is 50.1 Å². The second-order valence-corrected chi connectivity index (χ2v) is 13.0. The third-order valence-electron chi connectivity index (χ3n) is 6.73. The van der Waals surface area contributed by atoms with E-state index < -0.39 is 28.5 Å². The van der Waals surface area contributed by atoms with Gasteiger partial charge in [-0.25, -0.2) is 8.42 Å². The number of ether oxygens (including phenoxy) is 2. The van der Waals surface area contributed by atoms with E-state index in [1.807, 2.05) is 39.2 Å². The van der Waals surface area contributed by atoms with Crippen LogP contribution in [0.2, 0.25) is 0 Å².